The zero-order chi connectivity index (χ0) is 12.8. The van der Waals surface area contributed by atoms with Crippen molar-refractivity contribution < 1.29 is 4.79 Å². The first-order valence-electron chi connectivity index (χ1n) is 5.93. The van der Waals surface area contributed by atoms with Gasteiger partial charge in [0.2, 0.25) is 5.91 Å². The molecule has 2 aromatic rings. The number of nitrogens with zero attached hydrogens (tertiary/aromatic N) is 1. The van der Waals surface area contributed by atoms with Crippen LogP contribution in [0, 0.1) is 6.92 Å². The van der Waals surface area contributed by atoms with Gasteiger partial charge in [0.1, 0.15) is 0 Å². The van der Waals surface area contributed by atoms with E-state index in [1.165, 1.54) is 10.4 Å². The van der Waals surface area contributed by atoms with Crippen LogP contribution in [0.3, 0.4) is 0 Å². The summed E-state index contributed by atoms with van der Waals surface area (Å²) in [6.45, 7) is 2.71. The molecule has 0 aliphatic carbocycles. The molecule has 1 aromatic carbocycles. The number of aromatic nitrogens is 1. The third-order valence-electron chi connectivity index (χ3n) is 2.62. The largest absolute Gasteiger partial charge is 0.355 e. The van der Waals surface area contributed by atoms with Crippen LogP contribution in [-0.4, -0.2) is 17.4 Å². The number of carbonyl (C=O) groups excluding carboxylic acids is 1. The van der Waals surface area contributed by atoms with Gasteiger partial charge in [0.25, 0.3) is 0 Å². The summed E-state index contributed by atoms with van der Waals surface area (Å²) in [4.78, 5) is 16.9. The van der Waals surface area contributed by atoms with Crippen molar-refractivity contribution in [2.45, 2.75) is 19.8 Å². The average Bonchev–Trinajstić information content (AvgIpc) is 2.82. The van der Waals surface area contributed by atoms with Gasteiger partial charge in [-0.1, -0.05) is 29.8 Å². The van der Waals surface area contributed by atoms with E-state index in [9.17, 15) is 4.79 Å². The van der Waals surface area contributed by atoms with Crippen LogP contribution < -0.4 is 5.32 Å². The second kappa shape index (κ2) is 6.31. The summed E-state index contributed by atoms with van der Waals surface area (Å²) in [6, 6.07) is 8.04. The number of hydrogen-bond acceptors (Lipinski definition) is 3. The summed E-state index contributed by atoms with van der Waals surface area (Å²) in [5.74, 6) is 0.0742. The summed E-state index contributed by atoms with van der Waals surface area (Å²) in [6.07, 6.45) is 3.14. The van der Waals surface area contributed by atoms with E-state index in [2.05, 4.69) is 10.3 Å². The van der Waals surface area contributed by atoms with Crippen LogP contribution in [0.2, 0.25) is 0 Å². The lowest BCUT2D eigenvalue weighted by atomic mass is 10.1. The Morgan fingerprint density at radius 1 is 1.44 bits per heavy atom. The lowest BCUT2D eigenvalue weighted by molar-refractivity contribution is -0.120. The maximum Gasteiger partial charge on any atom is 0.224 e. The number of rotatable bonds is 5. The minimum atomic E-state index is 0.0742. The fraction of sp³-hybridized carbons (Fsp3) is 0.286. The SMILES string of the molecule is Cc1cccc(CC(=O)NCCc2cncs2)c1. The van der Waals surface area contributed by atoms with Crippen molar-refractivity contribution >= 4 is 17.2 Å². The fourth-order valence-electron chi connectivity index (χ4n) is 1.76. The Morgan fingerprint density at radius 2 is 2.33 bits per heavy atom. The lowest BCUT2D eigenvalue weighted by Gasteiger charge is -2.05. The number of hydrogen-bond donors (Lipinski definition) is 1. The maximum atomic E-state index is 11.7. The molecule has 0 aliphatic rings. The molecule has 94 valence electrons. The average molecular weight is 260 g/mol. The van der Waals surface area contributed by atoms with E-state index in [4.69, 9.17) is 0 Å². The van der Waals surface area contributed by atoms with Crippen LogP contribution in [0.5, 0.6) is 0 Å². The standard InChI is InChI=1S/C14H16N2OS/c1-11-3-2-4-12(7-11)8-14(17)16-6-5-13-9-15-10-18-13/h2-4,7,9-10H,5-6,8H2,1H3,(H,16,17). The van der Waals surface area contributed by atoms with Gasteiger partial charge in [-0.2, -0.15) is 0 Å². The molecule has 0 bridgehead atoms. The predicted octanol–water partition coefficient (Wildman–Crippen LogP) is 2.35. The summed E-state index contributed by atoms with van der Waals surface area (Å²) in [7, 11) is 0. The molecule has 0 fully saturated rings. The molecule has 0 saturated heterocycles. The van der Waals surface area contributed by atoms with Crippen LogP contribution in [0.15, 0.2) is 36.0 Å². The van der Waals surface area contributed by atoms with Crippen LogP contribution in [0.25, 0.3) is 0 Å². The quantitative estimate of drug-likeness (QED) is 0.896. The Hall–Kier alpha value is -1.68. The van der Waals surface area contributed by atoms with Gasteiger partial charge in [-0.3, -0.25) is 9.78 Å². The highest BCUT2D eigenvalue weighted by Gasteiger charge is 2.03. The van der Waals surface area contributed by atoms with E-state index < -0.39 is 0 Å². The van der Waals surface area contributed by atoms with E-state index in [1.807, 2.05) is 42.9 Å². The normalized spacial score (nSPS) is 10.3. The van der Waals surface area contributed by atoms with Gasteiger partial charge >= 0.3 is 0 Å². The monoisotopic (exact) mass is 260 g/mol. The third-order valence-corrected chi connectivity index (χ3v) is 3.46. The van der Waals surface area contributed by atoms with E-state index in [0.717, 1.165) is 12.0 Å². The molecule has 3 nitrogen and oxygen atoms in total. The summed E-state index contributed by atoms with van der Waals surface area (Å²) in [5.41, 5.74) is 4.06. The fourth-order valence-corrected chi connectivity index (χ4v) is 2.36. The highest BCUT2D eigenvalue weighted by Crippen LogP contribution is 2.06. The van der Waals surface area contributed by atoms with Crippen molar-refractivity contribution in [3.05, 3.63) is 52.0 Å². The zero-order valence-corrected chi connectivity index (χ0v) is 11.2. The molecule has 2 rings (SSSR count). The van der Waals surface area contributed by atoms with Gasteiger partial charge in [0.15, 0.2) is 0 Å². The molecular formula is C14H16N2OS. The van der Waals surface area contributed by atoms with Crippen molar-refractivity contribution in [1.29, 1.82) is 0 Å². The second-order valence-electron chi connectivity index (χ2n) is 4.23. The minimum Gasteiger partial charge on any atom is -0.355 e. The minimum absolute atomic E-state index is 0.0742. The highest BCUT2D eigenvalue weighted by atomic mass is 32.1. The Balaban J connectivity index is 1.75. The third kappa shape index (κ3) is 3.96. The van der Waals surface area contributed by atoms with E-state index in [1.54, 1.807) is 11.3 Å². The molecule has 0 aliphatic heterocycles. The topological polar surface area (TPSA) is 42.0 Å². The van der Waals surface area contributed by atoms with Crippen LogP contribution in [0.1, 0.15) is 16.0 Å². The van der Waals surface area contributed by atoms with Crippen LogP contribution in [-0.2, 0) is 17.6 Å². The number of benzene rings is 1. The van der Waals surface area contributed by atoms with E-state index in [-0.39, 0.29) is 5.91 Å². The van der Waals surface area contributed by atoms with Gasteiger partial charge in [-0.05, 0) is 12.5 Å². The molecule has 0 spiro atoms. The second-order valence-corrected chi connectivity index (χ2v) is 5.20. The first-order valence-corrected chi connectivity index (χ1v) is 6.81. The van der Waals surface area contributed by atoms with Crippen LogP contribution >= 0.6 is 11.3 Å². The van der Waals surface area contributed by atoms with Crippen molar-refractivity contribution in [3.8, 4) is 0 Å². The smallest absolute Gasteiger partial charge is 0.224 e. The molecule has 0 unspecified atom stereocenters. The van der Waals surface area contributed by atoms with Gasteiger partial charge < -0.3 is 5.32 Å². The maximum absolute atomic E-state index is 11.7. The highest BCUT2D eigenvalue weighted by molar-refractivity contribution is 7.09. The Labute approximate surface area is 111 Å². The van der Waals surface area contributed by atoms with E-state index >= 15 is 0 Å². The first kappa shape index (κ1) is 12.8. The van der Waals surface area contributed by atoms with Crippen molar-refractivity contribution in [2.75, 3.05) is 6.54 Å². The molecule has 1 aromatic heterocycles. The zero-order valence-electron chi connectivity index (χ0n) is 10.3. The number of carbonyl (C=O) groups is 1. The summed E-state index contributed by atoms with van der Waals surface area (Å²) < 4.78 is 0. The van der Waals surface area contributed by atoms with E-state index in [0.29, 0.717) is 13.0 Å². The molecule has 0 radical (unpaired) electrons. The molecule has 18 heavy (non-hydrogen) atoms. The van der Waals surface area contributed by atoms with Crippen molar-refractivity contribution in [1.82, 2.24) is 10.3 Å². The van der Waals surface area contributed by atoms with Gasteiger partial charge in [-0.25, -0.2) is 0 Å². The van der Waals surface area contributed by atoms with Crippen molar-refractivity contribution in [3.63, 3.8) is 0 Å². The predicted molar refractivity (Wildman–Crippen MR) is 73.7 cm³/mol. The lowest BCUT2D eigenvalue weighted by Crippen LogP contribution is -2.27. The molecule has 1 N–H and O–H groups in total. The number of thiazole rings is 1. The summed E-state index contributed by atoms with van der Waals surface area (Å²) >= 11 is 1.62. The van der Waals surface area contributed by atoms with Gasteiger partial charge in [0, 0.05) is 24.0 Å². The number of aryl methyl sites for hydroxylation is 1. The van der Waals surface area contributed by atoms with Crippen molar-refractivity contribution in [2.24, 2.45) is 0 Å². The molecular weight excluding hydrogens is 244 g/mol. The summed E-state index contributed by atoms with van der Waals surface area (Å²) in [5, 5.41) is 2.93. The Bertz CT molecular complexity index is 508. The number of nitrogens with one attached hydrogen (secondary N) is 1. The molecule has 0 atom stereocenters. The molecule has 1 heterocycles. The first-order chi connectivity index (χ1) is 8.74. The van der Waals surface area contributed by atoms with Gasteiger partial charge in [-0.15, -0.1) is 11.3 Å². The Kier molecular flexibility index (Phi) is 4.47. The number of amides is 1. The molecule has 1 amide bonds. The van der Waals surface area contributed by atoms with Crippen LogP contribution in [0.4, 0.5) is 0 Å². The Morgan fingerprint density at radius 3 is 3.06 bits per heavy atom. The van der Waals surface area contributed by atoms with Gasteiger partial charge in [0.05, 0.1) is 11.9 Å². The molecule has 4 heteroatoms. The molecule has 0 saturated carbocycles.